The Bertz CT molecular complexity index is 1140. The fourth-order valence-electron chi connectivity index (χ4n) is 3.40. The third-order valence-electron chi connectivity index (χ3n) is 4.58. The summed E-state index contributed by atoms with van der Waals surface area (Å²) in [5.74, 6) is 2.20. The van der Waals surface area contributed by atoms with Gasteiger partial charge in [0.2, 0.25) is 5.82 Å². The van der Waals surface area contributed by atoms with Gasteiger partial charge in [0, 0.05) is 34.8 Å². The van der Waals surface area contributed by atoms with Crippen LogP contribution in [-0.4, -0.2) is 20.8 Å². The third kappa shape index (κ3) is 4.01. The van der Waals surface area contributed by atoms with Gasteiger partial charge in [0.05, 0.1) is 11.1 Å². The molecule has 0 fully saturated rings. The number of fused-ring (bicyclic) bond motifs is 1. The molecule has 0 aliphatic carbocycles. The Kier molecular flexibility index (Phi) is 5.33. The fraction of sp³-hybridized carbons (Fsp3) is 0.304. The van der Waals surface area contributed by atoms with E-state index in [1.807, 2.05) is 38.1 Å². The first-order valence-corrected chi connectivity index (χ1v) is 10.2. The van der Waals surface area contributed by atoms with Gasteiger partial charge >= 0.3 is 0 Å². The first-order valence-electron chi connectivity index (χ1n) is 9.81. The standard InChI is InChI=1S/C23H24ClN3O2/c1-14(2)13-27-11-10-17-18(6-5-7-20(17)27)23-25-22(26-29-23)16-8-9-21(19(24)12-16)28-15(3)4/h5-12,14-15H,13H2,1-4H3. The number of nitrogens with zero attached hydrogens (tertiary/aromatic N) is 3. The van der Waals surface area contributed by atoms with Crippen LogP contribution in [0.5, 0.6) is 5.75 Å². The van der Waals surface area contributed by atoms with Crippen molar-refractivity contribution in [3.63, 3.8) is 0 Å². The Labute approximate surface area is 175 Å². The van der Waals surface area contributed by atoms with Crippen molar-refractivity contribution in [1.29, 1.82) is 0 Å². The van der Waals surface area contributed by atoms with Crippen LogP contribution in [0.15, 0.2) is 53.2 Å². The van der Waals surface area contributed by atoms with Gasteiger partial charge in [-0.05, 0) is 56.2 Å². The summed E-state index contributed by atoms with van der Waals surface area (Å²) in [6.45, 7) is 9.31. The highest BCUT2D eigenvalue weighted by Gasteiger charge is 2.16. The number of aromatic nitrogens is 3. The van der Waals surface area contributed by atoms with E-state index in [2.05, 4.69) is 46.9 Å². The molecule has 4 aromatic rings. The minimum atomic E-state index is 0.0543. The van der Waals surface area contributed by atoms with Crippen molar-refractivity contribution in [2.24, 2.45) is 5.92 Å². The summed E-state index contributed by atoms with van der Waals surface area (Å²) < 4.78 is 13.5. The van der Waals surface area contributed by atoms with Gasteiger partial charge in [0.15, 0.2) is 0 Å². The van der Waals surface area contributed by atoms with E-state index < -0.39 is 0 Å². The molecule has 5 nitrogen and oxygen atoms in total. The molecular formula is C23H24ClN3O2. The lowest BCUT2D eigenvalue weighted by Gasteiger charge is -2.11. The molecule has 0 unspecified atom stereocenters. The Morgan fingerprint density at radius 3 is 2.66 bits per heavy atom. The molecule has 4 rings (SSSR count). The average Bonchev–Trinajstić information content (AvgIpc) is 3.30. The highest BCUT2D eigenvalue weighted by molar-refractivity contribution is 6.32. The zero-order valence-electron chi connectivity index (χ0n) is 17.0. The molecule has 0 amide bonds. The van der Waals surface area contributed by atoms with Crippen molar-refractivity contribution >= 4 is 22.5 Å². The van der Waals surface area contributed by atoms with Gasteiger partial charge in [-0.3, -0.25) is 0 Å². The highest BCUT2D eigenvalue weighted by atomic mass is 35.5. The zero-order chi connectivity index (χ0) is 20.5. The van der Waals surface area contributed by atoms with Gasteiger partial charge in [0.25, 0.3) is 5.89 Å². The highest BCUT2D eigenvalue weighted by Crippen LogP contribution is 2.33. The molecule has 0 spiro atoms. The summed E-state index contributed by atoms with van der Waals surface area (Å²) in [5.41, 5.74) is 2.87. The van der Waals surface area contributed by atoms with E-state index in [0.29, 0.717) is 28.4 Å². The van der Waals surface area contributed by atoms with E-state index in [9.17, 15) is 0 Å². The van der Waals surface area contributed by atoms with Crippen molar-refractivity contribution in [3.8, 4) is 28.6 Å². The lowest BCUT2D eigenvalue weighted by atomic mass is 10.1. The van der Waals surface area contributed by atoms with Gasteiger partial charge in [0.1, 0.15) is 5.75 Å². The number of benzene rings is 2. The Hall–Kier alpha value is -2.79. The number of hydrogen-bond acceptors (Lipinski definition) is 4. The minimum absolute atomic E-state index is 0.0543. The van der Waals surface area contributed by atoms with Crippen LogP contribution in [0.25, 0.3) is 33.7 Å². The maximum Gasteiger partial charge on any atom is 0.258 e. The summed E-state index contributed by atoms with van der Waals surface area (Å²) in [6.07, 6.45) is 2.16. The van der Waals surface area contributed by atoms with Gasteiger partial charge in [-0.15, -0.1) is 0 Å². The monoisotopic (exact) mass is 409 g/mol. The normalized spacial score (nSPS) is 11.7. The quantitative estimate of drug-likeness (QED) is 0.367. The molecule has 0 N–H and O–H groups in total. The lowest BCUT2D eigenvalue weighted by molar-refractivity contribution is 0.242. The smallest absolute Gasteiger partial charge is 0.258 e. The molecule has 6 heteroatoms. The topological polar surface area (TPSA) is 53.1 Å². The maximum absolute atomic E-state index is 6.36. The molecule has 0 aliphatic heterocycles. The minimum Gasteiger partial charge on any atom is -0.489 e. The van der Waals surface area contributed by atoms with E-state index in [1.165, 1.54) is 0 Å². The first kappa shape index (κ1) is 19.5. The van der Waals surface area contributed by atoms with Crippen LogP contribution >= 0.6 is 11.6 Å². The van der Waals surface area contributed by atoms with Crippen LogP contribution in [0.4, 0.5) is 0 Å². The van der Waals surface area contributed by atoms with Crippen molar-refractivity contribution in [2.45, 2.75) is 40.3 Å². The van der Waals surface area contributed by atoms with E-state index in [0.717, 1.165) is 28.6 Å². The molecule has 0 bridgehead atoms. The Morgan fingerprint density at radius 2 is 1.93 bits per heavy atom. The molecule has 0 saturated carbocycles. The second-order valence-corrected chi connectivity index (χ2v) is 8.24. The summed E-state index contributed by atoms with van der Waals surface area (Å²) >= 11 is 6.36. The fourth-order valence-corrected chi connectivity index (χ4v) is 3.63. The summed E-state index contributed by atoms with van der Waals surface area (Å²) in [4.78, 5) is 4.62. The van der Waals surface area contributed by atoms with Crippen LogP contribution in [0.3, 0.4) is 0 Å². The lowest BCUT2D eigenvalue weighted by Crippen LogP contribution is -2.05. The molecule has 2 heterocycles. The van der Waals surface area contributed by atoms with E-state index in [-0.39, 0.29) is 6.10 Å². The predicted molar refractivity (Wildman–Crippen MR) is 116 cm³/mol. The van der Waals surface area contributed by atoms with Crippen LogP contribution in [0.2, 0.25) is 5.02 Å². The molecule has 0 radical (unpaired) electrons. The molecule has 2 aromatic carbocycles. The number of hydrogen-bond donors (Lipinski definition) is 0. The SMILES string of the molecule is CC(C)Cn1ccc2c(-c3nc(-c4ccc(OC(C)C)c(Cl)c4)no3)cccc21. The van der Waals surface area contributed by atoms with Crippen LogP contribution < -0.4 is 4.74 Å². The van der Waals surface area contributed by atoms with Crippen molar-refractivity contribution < 1.29 is 9.26 Å². The van der Waals surface area contributed by atoms with E-state index in [4.69, 9.17) is 20.9 Å². The molecule has 0 atom stereocenters. The van der Waals surface area contributed by atoms with Gasteiger partial charge < -0.3 is 13.8 Å². The van der Waals surface area contributed by atoms with Crippen LogP contribution in [0, 0.1) is 5.92 Å². The average molecular weight is 410 g/mol. The molecular weight excluding hydrogens is 386 g/mol. The maximum atomic E-state index is 6.36. The van der Waals surface area contributed by atoms with Crippen molar-refractivity contribution in [3.05, 3.63) is 53.7 Å². The second kappa shape index (κ2) is 7.91. The first-order chi connectivity index (χ1) is 13.9. The number of rotatable bonds is 6. The molecule has 29 heavy (non-hydrogen) atoms. The second-order valence-electron chi connectivity index (χ2n) is 7.84. The molecule has 0 saturated heterocycles. The number of halogens is 1. The van der Waals surface area contributed by atoms with E-state index in [1.54, 1.807) is 6.07 Å². The van der Waals surface area contributed by atoms with E-state index >= 15 is 0 Å². The predicted octanol–water partition coefficient (Wildman–Crippen LogP) is 6.45. The number of ether oxygens (including phenoxy) is 1. The van der Waals surface area contributed by atoms with Gasteiger partial charge in [-0.1, -0.05) is 36.7 Å². The summed E-state index contributed by atoms with van der Waals surface area (Å²) in [7, 11) is 0. The molecule has 150 valence electrons. The van der Waals surface area contributed by atoms with Gasteiger partial charge in [-0.25, -0.2) is 0 Å². The molecule has 2 aromatic heterocycles. The van der Waals surface area contributed by atoms with Crippen LogP contribution in [0.1, 0.15) is 27.7 Å². The zero-order valence-corrected chi connectivity index (χ0v) is 17.8. The Balaban J connectivity index is 1.68. The van der Waals surface area contributed by atoms with Gasteiger partial charge in [-0.2, -0.15) is 4.98 Å². The third-order valence-corrected chi connectivity index (χ3v) is 4.88. The van der Waals surface area contributed by atoms with Crippen molar-refractivity contribution in [2.75, 3.05) is 0 Å². The van der Waals surface area contributed by atoms with Crippen molar-refractivity contribution in [1.82, 2.24) is 14.7 Å². The largest absolute Gasteiger partial charge is 0.489 e. The van der Waals surface area contributed by atoms with Crippen LogP contribution in [-0.2, 0) is 6.54 Å². The Morgan fingerprint density at radius 1 is 1.10 bits per heavy atom. The summed E-state index contributed by atoms with van der Waals surface area (Å²) in [5, 5.41) is 5.79. The molecule has 0 aliphatic rings. The summed E-state index contributed by atoms with van der Waals surface area (Å²) in [6, 6.07) is 13.8.